The molecule has 0 bridgehead atoms. The first-order valence-corrected chi connectivity index (χ1v) is 9.87. The van der Waals surface area contributed by atoms with Crippen LogP contribution in [0.25, 0.3) is 0 Å². The number of benzene rings is 1. The van der Waals surface area contributed by atoms with Gasteiger partial charge in [-0.1, -0.05) is 40.8 Å². The summed E-state index contributed by atoms with van der Waals surface area (Å²) in [5.74, 6) is 0.305. The van der Waals surface area contributed by atoms with E-state index in [2.05, 4.69) is 33.0 Å². The Labute approximate surface area is 154 Å². The van der Waals surface area contributed by atoms with E-state index in [-0.39, 0.29) is 23.5 Å². The average molecular weight is 377 g/mol. The van der Waals surface area contributed by atoms with E-state index in [0.29, 0.717) is 9.47 Å². The van der Waals surface area contributed by atoms with Gasteiger partial charge in [-0.3, -0.25) is 9.59 Å². The van der Waals surface area contributed by atoms with E-state index in [9.17, 15) is 9.59 Å². The predicted octanol–water partition coefficient (Wildman–Crippen LogP) is 3.54. The maximum Gasteiger partial charge on any atom is 0.234 e. The van der Waals surface area contributed by atoms with Gasteiger partial charge < -0.3 is 10.6 Å². The molecule has 0 atom stereocenters. The number of aryl methyl sites for hydroxylation is 3. The molecule has 0 radical (unpaired) electrons. The Morgan fingerprint density at radius 3 is 2.48 bits per heavy atom. The van der Waals surface area contributed by atoms with Gasteiger partial charge in [-0.25, -0.2) is 0 Å². The lowest BCUT2D eigenvalue weighted by Crippen LogP contribution is -2.15. The molecule has 0 unspecified atom stereocenters. The molecule has 132 valence electrons. The van der Waals surface area contributed by atoms with Gasteiger partial charge in [0.15, 0.2) is 4.34 Å². The third kappa shape index (κ3) is 4.79. The maximum absolute atomic E-state index is 12.2. The van der Waals surface area contributed by atoms with E-state index in [0.717, 1.165) is 29.7 Å². The lowest BCUT2D eigenvalue weighted by molar-refractivity contribution is -0.117. The minimum absolute atomic E-state index is 0.00997. The van der Waals surface area contributed by atoms with Crippen molar-refractivity contribution in [2.24, 2.45) is 5.92 Å². The van der Waals surface area contributed by atoms with Gasteiger partial charge in [-0.15, -0.1) is 10.2 Å². The van der Waals surface area contributed by atoms with E-state index >= 15 is 0 Å². The van der Waals surface area contributed by atoms with Crippen LogP contribution >= 0.6 is 23.1 Å². The van der Waals surface area contributed by atoms with Crippen LogP contribution in [0, 0.1) is 26.7 Å². The molecule has 2 N–H and O–H groups in total. The van der Waals surface area contributed by atoms with Crippen molar-refractivity contribution in [1.29, 1.82) is 0 Å². The molecule has 0 aliphatic heterocycles. The summed E-state index contributed by atoms with van der Waals surface area (Å²) in [6.07, 6.45) is 1.90. The number of hydrogen-bond acceptors (Lipinski definition) is 6. The van der Waals surface area contributed by atoms with Crippen LogP contribution in [0.4, 0.5) is 10.8 Å². The number of carbonyl (C=O) groups excluding carboxylic acids is 2. The summed E-state index contributed by atoms with van der Waals surface area (Å²) in [5, 5.41) is 14.2. The third-order valence-corrected chi connectivity index (χ3v) is 5.82. The van der Waals surface area contributed by atoms with E-state index in [4.69, 9.17) is 0 Å². The summed E-state index contributed by atoms with van der Waals surface area (Å²) in [6.45, 7) is 6.02. The van der Waals surface area contributed by atoms with Crippen LogP contribution in [0.2, 0.25) is 0 Å². The van der Waals surface area contributed by atoms with Crippen LogP contribution in [0.5, 0.6) is 0 Å². The number of carbonyl (C=O) groups is 2. The number of nitrogens with one attached hydrogen (secondary N) is 2. The molecule has 2 aromatic rings. The number of aromatic nitrogens is 2. The summed E-state index contributed by atoms with van der Waals surface area (Å²) in [5.41, 5.74) is 4.15. The molecular weight excluding hydrogens is 356 g/mol. The molecule has 0 spiro atoms. The first-order chi connectivity index (χ1) is 11.9. The fourth-order valence-corrected chi connectivity index (χ4v) is 4.11. The van der Waals surface area contributed by atoms with Crippen molar-refractivity contribution in [2.45, 2.75) is 38.0 Å². The van der Waals surface area contributed by atoms with Crippen LogP contribution in [0.3, 0.4) is 0 Å². The Morgan fingerprint density at radius 2 is 1.84 bits per heavy atom. The Balaban J connectivity index is 1.52. The third-order valence-electron chi connectivity index (χ3n) is 3.85. The van der Waals surface area contributed by atoms with Crippen LogP contribution in [-0.4, -0.2) is 27.8 Å². The van der Waals surface area contributed by atoms with Crippen molar-refractivity contribution >= 4 is 45.7 Å². The highest BCUT2D eigenvalue weighted by molar-refractivity contribution is 8.01. The molecule has 2 amide bonds. The van der Waals surface area contributed by atoms with Crippen LogP contribution < -0.4 is 10.6 Å². The standard InChI is InChI=1S/C17H20N4O2S2/c1-9-6-10(2)14(11(3)7-9)18-13(22)8-24-17-21-20-16(25-17)19-15(23)12-4-5-12/h6-7,12H,4-5,8H2,1-3H3,(H,18,22)(H,19,20,23). The van der Waals surface area contributed by atoms with Crippen LogP contribution in [0.1, 0.15) is 29.5 Å². The zero-order valence-corrected chi connectivity index (χ0v) is 16.0. The molecular formula is C17H20N4O2S2. The highest BCUT2D eigenvalue weighted by atomic mass is 32.2. The number of nitrogens with zero attached hydrogens (tertiary/aromatic N) is 2. The second-order valence-corrected chi connectivity index (χ2v) is 8.45. The molecule has 25 heavy (non-hydrogen) atoms. The Hall–Kier alpha value is -1.93. The molecule has 3 rings (SSSR count). The number of rotatable bonds is 6. The lowest BCUT2D eigenvalue weighted by Gasteiger charge is -2.12. The summed E-state index contributed by atoms with van der Waals surface area (Å²) in [7, 11) is 0. The minimum atomic E-state index is -0.0844. The summed E-state index contributed by atoms with van der Waals surface area (Å²) in [6, 6.07) is 4.10. The summed E-state index contributed by atoms with van der Waals surface area (Å²) >= 11 is 2.61. The molecule has 6 nitrogen and oxygen atoms in total. The molecule has 1 heterocycles. The van der Waals surface area contributed by atoms with Crippen LogP contribution in [0.15, 0.2) is 16.5 Å². The van der Waals surface area contributed by atoms with Gasteiger partial charge in [0.05, 0.1) is 5.75 Å². The molecule has 1 fully saturated rings. The first kappa shape index (κ1) is 17.9. The average Bonchev–Trinajstić information content (AvgIpc) is 3.30. The SMILES string of the molecule is Cc1cc(C)c(NC(=O)CSc2nnc(NC(=O)C3CC3)s2)c(C)c1. The highest BCUT2D eigenvalue weighted by Crippen LogP contribution is 2.32. The largest absolute Gasteiger partial charge is 0.325 e. The van der Waals surface area contributed by atoms with Crippen molar-refractivity contribution < 1.29 is 9.59 Å². The molecule has 8 heteroatoms. The van der Waals surface area contributed by atoms with Gasteiger partial charge in [0.2, 0.25) is 16.9 Å². The van der Waals surface area contributed by atoms with E-state index in [1.54, 1.807) is 0 Å². The van der Waals surface area contributed by atoms with Crippen molar-refractivity contribution in [3.8, 4) is 0 Å². The Bertz CT molecular complexity index is 792. The fourth-order valence-electron chi connectivity index (χ4n) is 2.55. The van der Waals surface area contributed by atoms with E-state index in [1.807, 2.05) is 20.8 Å². The van der Waals surface area contributed by atoms with Crippen LogP contribution in [-0.2, 0) is 9.59 Å². The monoisotopic (exact) mass is 376 g/mol. The first-order valence-electron chi connectivity index (χ1n) is 8.07. The Kier molecular flexibility index (Phi) is 5.39. The molecule has 1 aromatic carbocycles. The van der Waals surface area contributed by atoms with Gasteiger partial charge in [-0.05, 0) is 44.7 Å². The predicted molar refractivity (Wildman–Crippen MR) is 101 cm³/mol. The normalized spacial score (nSPS) is 13.6. The zero-order chi connectivity index (χ0) is 18.0. The number of anilines is 2. The zero-order valence-electron chi connectivity index (χ0n) is 14.4. The molecule has 0 saturated heterocycles. The quantitative estimate of drug-likeness (QED) is 0.595. The van der Waals surface area contributed by atoms with Gasteiger partial charge in [-0.2, -0.15) is 0 Å². The molecule has 1 saturated carbocycles. The number of thioether (sulfide) groups is 1. The van der Waals surface area contributed by atoms with E-state index in [1.165, 1.54) is 28.7 Å². The smallest absolute Gasteiger partial charge is 0.234 e. The summed E-state index contributed by atoms with van der Waals surface area (Å²) in [4.78, 5) is 23.9. The van der Waals surface area contributed by atoms with Crippen molar-refractivity contribution in [3.63, 3.8) is 0 Å². The summed E-state index contributed by atoms with van der Waals surface area (Å²) < 4.78 is 0.665. The Morgan fingerprint density at radius 1 is 1.16 bits per heavy atom. The highest BCUT2D eigenvalue weighted by Gasteiger charge is 2.30. The number of amides is 2. The molecule has 1 aliphatic rings. The fraction of sp³-hybridized carbons (Fsp3) is 0.412. The maximum atomic E-state index is 12.2. The molecule has 1 aromatic heterocycles. The van der Waals surface area contributed by atoms with Crippen molar-refractivity contribution in [2.75, 3.05) is 16.4 Å². The topological polar surface area (TPSA) is 84.0 Å². The van der Waals surface area contributed by atoms with Crippen molar-refractivity contribution in [3.05, 3.63) is 28.8 Å². The second-order valence-electron chi connectivity index (χ2n) is 6.25. The number of hydrogen-bond donors (Lipinski definition) is 2. The van der Waals surface area contributed by atoms with E-state index < -0.39 is 0 Å². The van der Waals surface area contributed by atoms with Crippen molar-refractivity contribution in [1.82, 2.24) is 10.2 Å². The van der Waals surface area contributed by atoms with Gasteiger partial charge in [0, 0.05) is 11.6 Å². The second kappa shape index (κ2) is 7.53. The minimum Gasteiger partial charge on any atom is -0.325 e. The molecule has 1 aliphatic carbocycles. The van der Waals surface area contributed by atoms with Gasteiger partial charge in [0.25, 0.3) is 0 Å². The van der Waals surface area contributed by atoms with Gasteiger partial charge in [0.1, 0.15) is 0 Å². The lowest BCUT2D eigenvalue weighted by atomic mass is 10.1. The van der Waals surface area contributed by atoms with Gasteiger partial charge >= 0.3 is 0 Å².